The second kappa shape index (κ2) is 5.76. The van der Waals surface area contributed by atoms with E-state index in [4.69, 9.17) is 0 Å². The first-order valence-corrected chi connectivity index (χ1v) is 8.63. The van der Waals surface area contributed by atoms with Crippen LogP contribution in [0.4, 0.5) is 0 Å². The Morgan fingerprint density at radius 1 is 1.42 bits per heavy atom. The van der Waals surface area contributed by atoms with Gasteiger partial charge in [0.2, 0.25) is 15.9 Å². The zero-order chi connectivity index (χ0) is 14.0. The lowest BCUT2D eigenvalue weighted by molar-refractivity contribution is -0.126. The van der Waals surface area contributed by atoms with E-state index in [1.54, 1.807) is 0 Å². The number of aliphatic hydroxyl groups excluding tert-OH is 1. The number of hydrogen-bond acceptors (Lipinski definition) is 4. The topological polar surface area (TPSA) is 86.7 Å². The summed E-state index contributed by atoms with van der Waals surface area (Å²) in [4.78, 5) is 12.0. The van der Waals surface area contributed by atoms with Crippen LogP contribution in [0.2, 0.25) is 0 Å². The van der Waals surface area contributed by atoms with Crippen LogP contribution in [0.5, 0.6) is 0 Å². The summed E-state index contributed by atoms with van der Waals surface area (Å²) in [5, 5.41) is 12.4. The van der Waals surface area contributed by atoms with Crippen molar-refractivity contribution in [3.8, 4) is 0 Å². The summed E-state index contributed by atoms with van der Waals surface area (Å²) < 4.78 is 24.3. The van der Waals surface area contributed by atoms with Crippen molar-refractivity contribution in [3.05, 3.63) is 0 Å². The molecular weight excluding hydrogens is 268 g/mol. The zero-order valence-corrected chi connectivity index (χ0v) is 12.0. The van der Waals surface area contributed by atoms with Gasteiger partial charge in [0.25, 0.3) is 0 Å². The third kappa shape index (κ3) is 4.15. The second-order valence-electron chi connectivity index (χ2n) is 5.61. The molecule has 6 nitrogen and oxygen atoms in total. The zero-order valence-electron chi connectivity index (χ0n) is 11.2. The number of hydrogen-bond donors (Lipinski definition) is 2. The van der Waals surface area contributed by atoms with Crippen LogP contribution in [0.25, 0.3) is 0 Å². The molecule has 2 atom stereocenters. The molecule has 7 heteroatoms. The van der Waals surface area contributed by atoms with Crippen LogP contribution in [0.3, 0.4) is 0 Å². The molecule has 2 fully saturated rings. The maximum absolute atomic E-state index is 12.0. The van der Waals surface area contributed by atoms with Crippen molar-refractivity contribution in [2.24, 2.45) is 11.8 Å². The SMILES string of the molecule is CS(=O)(=O)N1CCCC(C(=O)NCC(O)C2CC2)C1. The number of rotatable bonds is 5. The maximum atomic E-state index is 12.0. The van der Waals surface area contributed by atoms with E-state index in [0.29, 0.717) is 25.3 Å². The van der Waals surface area contributed by atoms with Crippen LogP contribution in [-0.2, 0) is 14.8 Å². The molecule has 0 aromatic rings. The lowest BCUT2D eigenvalue weighted by Gasteiger charge is -2.30. The highest BCUT2D eigenvalue weighted by molar-refractivity contribution is 7.88. The van der Waals surface area contributed by atoms with E-state index < -0.39 is 16.1 Å². The number of aliphatic hydroxyl groups is 1. The number of nitrogens with zero attached hydrogens (tertiary/aromatic N) is 1. The number of carbonyl (C=O) groups excluding carboxylic acids is 1. The summed E-state index contributed by atoms with van der Waals surface area (Å²) in [6, 6.07) is 0. The molecule has 2 rings (SSSR count). The van der Waals surface area contributed by atoms with Crippen molar-refractivity contribution >= 4 is 15.9 Å². The van der Waals surface area contributed by atoms with E-state index in [2.05, 4.69) is 5.32 Å². The Labute approximate surface area is 114 Å². The van der Waals surface area contributed by atoms with Crippen LogP contribution < -0.4 is 5.32 Å². The summed E-state index contributed by atoms with van der Waals surface area (Å²) in [6.07, 6.45) is 4.18. The van der Waals surface area contributed by atoms with Crippen molar-refractivity contribution < 1.29 is 18.3 Å². The Bertz CT molecular complexity index is 433. The molecule has 0 aromatic heterocycles. The van der Waals surface area contributed by atoms with Gasteiger partial charge in [-0.25, -0.2) is 12.7 Å². The molecule has 0 radical (unpaired) electrons. The first-order valence-electron chi connectivity index (χ1n) is 6.79. The van der Waals surface area contributed by atoms with Crippen molar-refractivity contribution in [1.82, 2.24) is 9.62 Å². The standard InChI is InChI=1S/C12H22N2O4S/c1-19(17,18)14-6-2-3-10(8-14)12(16)13-7-11(15)9-4-5-9/h9-11,15H,2-8H2,1H3,(H,13,16). The van der Waals surface area contributed by atoms with E-state index in [9.17, 15) is 18.3 Å². The maximum Gasteiger partial charge on any atom is 0.224 e. The molecule has 1 amide bonds. The minimum Gasteiger partial charge on any atom is -0.391 e. The van der Waals surface area contributed by atoms with Crippen molar-refractivity contribution in [3.63, 3.8) is 0 Å². The molecule has 1 heterocycles. The number of carbonyl (C=O) groups is 1. The third-order valence-corrected chi connectivity index (χ3v) is 5.15. The van der Waals surface area contributed by atoms with E-state index >= 15 is 0 Å². The quantitative estimate of drug-likeness (QED) is 0.718. The minimum atomic E-state index is -3.22. The Kier molecular flexibility index (Phi) is 4.47. The highest BCUT2D eigenvalue weighted by atomic mass is 32.2. The van der Waals surface area contributed by atoms with Crippen LogP contribution in [0.1, 0.15) is 25.7 Å². The number of piperidine rings is 1. The van der Waals surface area contributed by atoms with Gasteiger partial charge in [-0.2, -0.15) is 0 Å². The summed E-state index contributed by atoms with van der Waals surface area (Å²) in [5.41, 5.74) is 0. The predicted octanol–water partition coefficient (Wildman–Crippen LogP) is -0.455. The first-order chi connectivity index (χ1) is 8.88. The molecule has 1 saturated carbocycles. The van der Waals surface area contributed by atoms with Gasteiger partial charge in [0, 0.05) is 19.6 Å². The Morgan fingerprint density at radius 2 is 2.11 bits per heavy atom. The van der Waals surface area contributed by atoms with Crippen molar-refractivity contribution in [2.45, 2.75) is 31.8 Å². The van der Waals surface area contributed by atoms with Crippen molar-refractivity contribution in [1.29, 1.82) is 0 Å². The Balaban J connectivity index is 1.81. The molecule has 2 N–H and O–H groups in total. The highest BCUT2D eigenvalue weighted by Gasteiger charge is 2.32. The van der Waals surface area contributed by atoms with Gasteiger partial charge >= 0.3 is 0 Å². The summed E-state index contributed by atoms with van der Waals surface area (Å²) in [6.45, 7) is 1.02. The van der Waals surface area contributed by atoms with Gasteiger partial charge < -0.3 is 10.4 Å². The van der Waals surface area contributed by atoms with Crippen molar-refractivity contribution in [2.75, 3.05) is 25.9 Å². The molecule has 0 aromatic carbocycles. The van der Waals surface area contributed by atoms with Gasteiger partial charge in [-0.05, 0) is 31.6 Å². The first kappa shape index (κ1) is 14.7. The van der Waals surface area contributed by atoms with Gasteiger partial charge in [-0.1, -0.05) is 0 Å². The molecular formula is C12H22N2O4S. The second-order valence-corrected chi connectivity index (χ2v) is 7.59. The normalized spacial score (nSPS) is 26.9. The molecule has 2 aliphatic rings. The molecule has 0 spiro atoms. The van der Waals surface area contributed by atoms with Crippen LogP contribution in [-0.4, -0.2) is 55.7 Å². The molecule has 110 valence electrons. The monoisotopic (exact) mass is 290 g/mol. The van der Waals surface area contributed by atoms with Crippen LogP contribution >= 0.6 is 0 Å². The van der Waals surface area contributed by atoms with Gasteiger partial charge in [-0.15, -0.1) is 0 Å². The van der Waals surface area contributed by atoms with E-state index in [1.165, 1.54) is 10.6 Å². The Morgan fingerprint density at radius 3 is 2.68 bits per heavy atom. The van der Waals surface area contributed by atoms with E-state index in [1.807, 2.05) is 0 Å². The fraction of sp³-hybridized carbons (Fsp3) is 0.917. The number of nitrogens with one attached hydrogen (secondary N) is 1. The molecule has 2 unspecified atom stereocenters. The number of sulfonamides is 1. The molecule has 19 heavy (non-hydrogen) atoms. The summed E-state index contributed by atoms with van der Waals surface area (Å²) in [7, 11) is -3.22. The van der Waals surface area contributed by atoms with Gasteiger partial charge in [0.15, 0.2) is 0 Å². The van der Waals surface area contributed by atoms with Gasteiger partial charge in [-0.3, -0.25) is 4.79 Å². The van der Waals surface area contributed by atoms with Gasteiger partial charge in [0.05, 0.1) is 18.3 Å². The van der Waals surface area contributed by atoms with Crippen LogP contribution in [0.15, 0.2) is 0 Å². The highest BCUT2D eigenvalue weighted by Crippen LogP contribution is 2.32. The van der Waals surface area contributed by atoms with Crippen LogP contribution in [0, 0.1) is 11.8 Å². The molecule has 1 aliphatic heterocycles. The van der Waals surface area contributed by atoms with Gasteiger partial charge in [0.1, 0.15) is 0 Å². The average Bonchev–Trinajstić information content (AvgIpc) is 3.19. The lowest BCUT2D eigenvalue weighted by atomic mass is 9.98. The summed E-state index contributed by atoms with van der Waals surface area (Å²) in [5.74, 6) is -0.109. The van der Waals surface area contributed by atoms with E-state index in [-0.39, 0.29) is 24.9 Å². The third-order valence-electron chi connectivity index (χ3n) is 3.88. The largest absolute Gasteiger partial charge is 0.391 e. The Hall–Kier alpha value is -0.660. The molecule has 1 aliphatic carbocycles. The minimum absolute atomic E-state index is 0.145. The van der Waals surface area contributed by atoms with E-state index in [0.717, 1.165) is 12.8 Å². The predicted molar refractivity (Wildman–Crippen MR) is 70.9 cm³/mol. The number of amides is 1. The molecule has 0 bridgehead atoms. The fourth-order valence-electron chi connectivity index (χ4n) is 2.45. The smallest absolute Gasteiger partial charge is 0.224 e. The average molecular weight is 290 g/mol. The lowest BCUT2D eigenvalue weighted by Crippen LogP contribution is -2.46. The fourth-order valence-corrected chi connectivity index (χ4v) is 3.37. The summed E-state index contributed by atoms with van der Waals surface area (Å²) >= 11 is 0. The molecule has 1 saturated heterocycles.